The average Bonchev–Trinajstić information content (AvgIpc) is 2.20. The van der Waals surface area contributed by atoms with E-state index in [0.29, 0.717) is 0 Å². The van der Waals surface area contributed by atoms with Gasteiger partial charge in [-0.3, -0.25) is 4.79 Å². The Hall–Kier alpha value is -1.75. The molecule has 0 saturated carbocycles. The van der Waals surface area contributed by atoms with E-state index in [1.165, 1.54) is 13.2 Å². The number of ether oxygens (including phenoxy) is 1. The molecule has 1 aromatic carbocycles. The van der Waals surface area contributed by atoms with E-state index < -0.39 is 5.75 Å². The van der Waals surface area contributed by atoms with Gasteiger partial charge in [0.1, 0.15) is 0 Å². The molecule has 1 aromatic rings. The molecule has 76 valence electrons. The first kappa shape index (κ1) is 10.3. The predicted octanol–water partition coefficient (Wildman–Crippen LogP) is 0.248. The summed E-state index contributed by atoms with van der Waals surface area (Å²) in [4.78, 5) is 11.2. The van der Waals surface area contributed by atoms with Crippen LogP contribution in [0, 0.1) is 0 Å². The lowest BCUT2D eigenvalue weighted by molar-refractivity contribution is 0.100. The number of rotatable bonds is 3. The van der Waals surface area contributed by atoms with E-state index in [4.69, 9.17) is 10.5 Å². The number of aromatic hydroxyl groups is 2. The molecule has 0 bridgehead atoms. The summed E-state index contributed by atoms with van der Waals surface area (Å²) >= 11 is 0. The van der Waals surface area contributed by atoms with Gasteiger partial charge in [0.2, 0.25) is 5.75 Å². The highest BCUT2D eigenvalue weighted by atomic mass is 16.5. The maximum Gasteiger partial charge on any atom is 0.200 e. The van der Waals surface area contributed by atoms with Gasteiger partial charge in [0, 0.05) is 5.56 Å². The quantitative estimate of drug-likeness (QED) is 0.477. The van der Waals surface area contributed by atoms with Crippen LogP contribution in [0.3, 0.4) is 0 Å². The van der Waals surface area contributed by atoms with E-state index in [-0.39, 0.29) is 29.4 Å². The van der Waals surface area contributed by atoms with Crippen molar-refractivity contribution in [3.63, 3.8) is 0 Å². The van der Waals surface area contributed by atoms with Crippen LogP contribution < -0.4 is 10.5 Å². The molecule has 0 fully saturated rings. The van der Waals surface area contributed by atoms with E-state index in [1.807, 2.05) is 0 Å². The number of carbonyl (C=O) groups excluding carboxylic acids is 1. The Morgan fingerprint density at radius 1 is 1.50 bits per heavy atom. The zero-order valence-corrected chi connectivity index (χ0v) is 7.65. The maximum atomic E-state index is 11.2. The molecule has 14 heavy (non-hydrogen) atoms. The van der Waals surface area contributed by atoms with Crippen LogP contribution in [0.2, 0.25) is 0 Å². The lowest BCUT2D eigenvalue weighted by Gasteiger charge is -2.07. The molecule has 4 N–H and O–H groups in total. The number of Topliss-reactive ketones (excluding diaryl/α,β-unsaturated/α-hetero) is 1. The smallest absolute Gasteiger partial charge is 0.200 e. The zero-order chi connectivity index (χ0) is 10.7. The molecule has 0 unspecified atom stereocenters. The van der Waals surface area contributed by atoms with Gasteiger partial charge in [0.05, 0.1) is 13.7 Å². The number of hydrogen-bond acceptors (Lipinski definition) is 5. The van der Waals surface area contributed by atoms with Gasteiger partial charge in [0.25, 0.3) is 0 Å². The fourth-order valence-electron chi connectivity index (χ4n) is 1.03. The van der Waals surface area contributed by atoms with Crippen LogP contribution >= 0.6 is 0 Å². The molecule has 0 heterocycles. The Morgan fingerprint density at radius 2 is 2.14 bits per heavy atom. The van der Waals surface area contributed by atoms with E-state index in [2.05, 4.69) is 0 Å². The van der Waals surface area contributed by atoms with Crippen molar-refractivity contribution in [2.45, 2.75) is 0 Å². The predicted molar refractivity (Wildman–Crippen MR) is 49.7 cm³/mol. The molecule has 5 heteroatoms. The van der Waals surface area contributed by atoms with E-state index >= 15 is 0 Å². The van der Waals surface area contributed by atoms with E-state index in [1.54, 1.807) is 0 Å². The summed E-state index contributed by atoms with van der Waals surface area (Å²) in [6, 6.07) is 2.47. The number of benzene rings is 1. The minimum Gasteiger partial charge on any atom is -0.504 e. The summed E-state index contributed by atoms with van der Waals surface area (Å²) in [7, 11) is 1.32. The van der Waals surface area contributed by atoms with Crippen molar-refractivity contribution in [2.75, 3.05) is 13.7 Å². The number of carbonyl (C=O) groups is 1. The standard InChI is InChI=1S/C9H11NO4/c1-14-8-3-5(7(12)4-10)2-6(11)9(8)13/h2-3,11,13H,4,10H2,1H3. The molecule has 0 atom stereocenters. The van der Waals surface area contributed by atoms with Gasteiger partial charge in [0.15, 0.2) is 17.3 Å². The average molecular weight is 197 g/mol. The number of nitrogens with two attached hydrogens (primary N) is 1. The summed E-state index contributed by atoms with van der Waals surface area (Å²) in [6.07, 6.45) is 0. The largest absolute Gasteiger partial charge is 0.504 e. The normalized spacial score (nSPS) is 9.86. The third kappa shape index (κ3) is 1.77. The highest BCUT2D eigenvalue weighted by molar-refractivity contribution is 5.98. The number of hydrogen-bond donors (Lipinski definition) is 3. The van der Waals surface area contributed by atoms with Gasteiger partial charge in [-0.05, 0) is 12.1 Å². The van der Waals surface area contributed by atoms with Crippen LogP contribution in [0.4, 0.5) is 0 Å². The Bertz CT molecular complexity index is 362. The van der Waals surface area contributed by atoms with Crippen LogP contribution in [0.5, 0.6) is 17.2 Å². The molecule has 0 radical (unpaired) electrons. The molecule has 0 aliphatic rings. The maximum absolute atomic E-state index is 11.2. The van der Waals surface area contributed by atoms with E-state index in [9.17, 15) is 15.0 Å². The molecule has 0 aliphatic carbocycles. The van der Waals surface area contributed by atoms with Crippen LogP contribution in [0.1, 0.15) is 10.4 Å². The second kappa shape index (κ2) is 3.97. The van der Waals surface area contributed by atoms with Gasteiger partial charge in [-0.1, -0.05) is 0 Å². The number of methoxy groups -OCH3 is 1. The van der Waals surface area contributed by atoms with Crippen molar-refractivity contribution in [3.05, 3.63) is 17.7 Å². The first-order valence-corrected chi connectivity index (χ1v) is 3.93. The minimum atomic E-state index is -0.402. The zero-order valence-electron chi connectivity index (χ0n) is 7.65. The number of phenols is 2. The lowest BCUT2D eigenvalue weighted by atomic mass is 10.1. The SMILES string of the molecule is COc1cc(C(=O)CN)cc(O)c1O. The summed E-state index contributed by atoms with van der Waals surface area (Å²) < 4.78 is 4.76. The van der Waals surface area contributed by atoms with Crippen LogP contribution in [-0.4, -0.2) is 29.7 Å². The second-order valence-corrected chi connectivity index (χ2v) is 2.67. The highest BCUT2D eigenvalue weighted by Crippen LogP contribution is 2.36. The van der Waals surface area contributed by atoms with Crippen molar-refractivity contribution < 1.29 is 19.7 Å². The molecule has 0 amide bonds. The number of phenolic OH excluding ortho intramolecular Hbond substituents is 2. The van der Waals surface area contributed by atoms with Crippen LogP contribution in [0.25, 0.3) is 0 Å². The first-order chi connectivity index (χ1) is 6.60. The van der Waals surface area contributed by atoms with Gasteiger partial charge in [-0.2, -0.15) is 0 Å². The Labute approximate surface area is 80.7 Å². The van der Waals surface area contributed by atoms with Gasteiger partial charge >= 0.3 is 0 Å². The lowest BCUT2D eigenvalue weighted by Crippen LogP contribution is -2.13. The van der Waals surface area contributed by atoms with Crippen molar-refractivity contribution in [1.82, 2.24) is 0 Å². The fourth-order valence-corrected chi connectivity index (χ4v) is 1.03. The van der Waals surface area contributed by atoms with Gasteiger partial charge < -0.3 is 20.7 Å². The topological polar surface area (TPSA) is 92.8 Å². The summed E-state index contributed by atoms with van der Waals surface area (Å²) in [5.41, 5.74) is 5.36. The van der Waals surface area contributed by atoms with E-state index in [0.717, 1.165) is 6.07 Å². The third-order valence-corrected chi connectivity index (χ3v) is 1.78. The highest BCUT2D eigenvalue weighted by Gasteiger charge is 2.13. The molecule has 0 spiro atoms. The van der Waals surface area contributed by atoms with Crippen molar-refractivity contribution in [3.8, 4) is 17.2 Å². The monoisotopic (exact) mass is 197 g/mol. The van der Waals surface area contributed by atoms with Crippen molar-refractivity contribution >= 4 is 5.78 Å². The third-order valence-electron chi connectivity index (χ3n) is 1.78. The molecule has 1 rings (SSSR count). The molecule has 0 saturated heterocycles. The number of ketones is 1. The Morgan fingerprint density at radius 3 is 2.64 bits per heavy atom. The van der Waals surface area contributed by atoms with Gasteiger partial charge in [-0.15, -0.1) is 0 Å². The summed E-state index contributed by atoms with van der Waals surface area (Å²) in [5, 5.41) is 18.5. The Balaban J connectivity index is 3.22. The molecular formula is C9H11NO4. The fraction of sp³-hybridized carbons (Fsp3) is 0.222. The molecule has 0 aromatic heterocycles. The van der Waals surface area contributed by atoms with Crippen LogP contribution in [0.15, 0.2) is 12.1 Å². The second-order valence-electron chi connectivity index (χ2n) is 2.67. The van der Waals surface area contributed by atoms with Crippen molar-refractivity contribution in [1.29, 1.82) is 0 Å². The molecule has 0 aliphatic heterocycles. The molecule has 5 nitrogen and oxygen atoms in total. The first-order valence-electron chi connectivity index (χ1n) is 3.93. The summed E-state index contributed by atoms with van der Waals surface area (Å²) in [5.74, 6) is -1.08. The molecular weight excluding hydrogens is 186 g/mol. The summed E-state index contributed by atoms with van der Waals surface area (Å²) in [6.45, 7) is -0.159. The Kier molecular flexibility index (Phi) is 2.93. The van der Waals surface area contributed by atoms with Crippen molar-refractivity contribution in [2.24, 2.45) is 5.73 Å². The van der Waals surface area contributed by atoms with Crippen LogP contribution in [-0.2, 0) is 0 Å². The van der Waals surface area contributed by atoms with Gasteiger partial charge in [-0.25, -0.2) is 0 Å². The minimum absolute atomic E-state index is 0.0433.